The van der Waals surface area contributed by atoms with E-state index >= 15 is 0 Å². The van der Waals surface area contributed by atoms with Gasteiger partial charge in [-0.25, -0.2) is 8.42 Å². The van der Waals surface area contributed by atoms with Gasteiger partial charge in [0.15, 0.2) is 15.7 Å². The van der Waals surface area contributed by atoms with Crippen molar-refractivity contribution in [3.8, 4) is 0 Å². The summed E-state index contributed by atoms with van der Waals surface area (Å²) in [5, 5.41) is 13.8. The molecule has 0 aliphatic rings. The van der Waals surface area contributed by atoms with E-state index in [0.717, 1.165) is 6.26 Å². The number of carbonyl (C=O) groups excluding carboxylic acids is 1. The zero-order chi connectivity index (χ0) is 14.6. The van der Waals surface area contributed by atoms with E-state index in [9.17, 15) is 13.2 Å². The van der Waals surface area contributed by atoms with E-state index < -0.39 is 21.5 Å². The molecule has 104 valence electrons. The summed E-state index contributed by atoms with van der Waals surface area (Å²) >= 11 is 3.20. The van der Waals surface area contributed by atoms with Crippen molar-refractivity contribution in [2.24, 2.45) is 10.9 Å². The number of nitrogens with one attached hydrogen (secondary N) is 1. The highest BCUT2D eigenvalue weighted by atomic mass is 79.9. The fourth-order valence-electron chi connectivity index (χ4n) is 1.26. The first-order valence-corrected chi connectivity index (χ1v) is 7.83. The number of oxime groups is 1. The van der Waals surface area contributed by atoms with Crippen LogP contribution in [0.2, 0.25) is 0 Å². The summed E-state index contributed by atoms with van der Waals surface area (Å²) in [6.07, 6.45) is 0.975. The molecule has 0 spiro atoms. The van der Waals surface area contributed by atoms with Crippen molar-refractivity contribution in [1.29, 1.82) is 0 Å². The summed E-state index contributed by atoms with van der Waals surface area (Å²) in [7, 11) is -3.38. The number of sulfone groups is 1. The molecule has 0 atom stereocenters. The third kappa shape index (κ3) is 4.87. The molecule has 0 aliphatic carbocycles. The third-order valence-electron chi connectivity index (χ3n) is 2.04. The van der Waals surface area contributed by atoms with Crippen molar-refractivity contribution in [1.82, 2.24) is 0 Å². The van der Waals surface area contributed by atoms with Gasteiger partial charge in [-0.05, 0) is 34.1 Å². The van der Waals surface area contributed by atoms with Crippen LogP contribution in [0.15, 0.2) is 27.8 Å². The highest BCUT2D eigenvalue weighted by molar-refractivity contribution is 9.10. The molecule has 9 heteroatoms. The second kappa shape index (κ2) is 6.02. The van der Waals surface area contributed by atoms with Gasteiger partial charge in [0.2, 0.25) is 5.91 Å². The van der Waals surface area contributed by atoms with Crippen LogP contribution in [-0.4, -0.2) is 37.4 Å². The predicted octanol–water partition coefficient (Wildman–Crippen LogP) is 0.527. The lowest BCUT2D eigenvalue weighted by atomic mass is 10.2. The minimum atomic E-state index is -3.38. The summed E-state index contributed by atoms with van der Waals surface area (Å²) in [6.45, 7) is 0. The van der Waals surface area contributed by atoms with Crippen LogP contribution in [0.25, 0.3) is 0 Å². The molecule has 0 heterocycles. The third-order valence-corrected chi connectivity index (χ3v) is 3.48. The topological polar surface area (TPSA) is 122 Å². The lowest BCUT2D eigenvalue weighted by molar-refractivity contribution is -0.113. The molecule has 0 bridgehead atoms. The Bertz CT molecular complexity index is 628. The largest absolute Gasteiger partial charge is 0.409 e. The minimum Gasteiger partial charge on any atom is -0.409 e. The van der Waals surface area contributed by atoms with Crippen LogP contribution in [0.1, 0.15) is 5.56 Å². The molecular formula is C10H12BrN3O4S. The maximum atomic E-state index is 11.5. The number of halogens is 1. The molecule has 0 aliphatic heterocycles. The van der Waals surface area contributed by atoms with Gasteiger partial charge in [-0.2, -0.15) is 0 Å². The molecule has 4 N–H and O–H groups in total. The smallest absolute Gasteiger partial charge is 0.239 e. The maximum absolute atomic E-state index is 11.5. The zero-order valence-corrected chi connectivity index (χ0v) is 12.3. The van der Waals surface area contributed by atoms with Crippen LogP contribution in [0.3, 0.4) is 0 Å². The summed E-state index contributed by atoms with van der Waals surface area (Å²) in [5.74, 6) is -1.31. The normalized spacial score (nSPS) is 12.2. The van der Waals surface area contributed by atoms with Gasteiger partial charge in [-0.1, -0.05) is 5.16 Å². The van der Waals surface area contributed by atoms with E-state index in [2.05, 4.69) is 26.4 Å². The summed E-state index contributed by atoms with van der Waals surface area (Å²) < 4.78 is 22.4. The fraction of sp³-hybridized carbons (Fsp3) is 0.200. The number of amidine groups is 1. The molecule has 1 aromatic carbocycles. The number of anilines is 1. The second-order valence-corrected chi connectivity index (χ2v) is 6.79. The summed E-state index contributed by atoms with van der Waals surface area (Å²) in [4.78, 5) is 11.5. The van der Waals surface area contributed by atoms with Crippen molar-refractivity contribution >= 4 is 43.2 Å². The molecule has 0 aromatic heterocycles. The number of carbonyl (C=O) groups is 1. The molecule has 0 fully saturated rings. The van der Waals surface area contributed by atoms with E-state index in [0.29, 0.717) is 15.7 Å². The molecule has 0 saturated heterocycles. The number of amides is 1. The monoisotopic (exact) mass is 349 g/mol. The van der Waals surface area contributed by atoms with Crippen molar-refractivity contribution in [2.75, 3.05) is 17.3 Å². The first kappa shape index (κ1) is 15.4. The lowest BCUT2D eigenvalue weighted by Crippen LogP contribution is -2.22. The van der Waals surface area contributed by atoms with Gasteiger partial charge in [0.05, 0.1) is 5.69 Å². The number of hydrogen-bond acceptors (Lipinski definition) is 5. The van der Waals surface area contributed by atoms with Crippen LogP contribution in [-0.2, 0) is 14.6 Å². The molecule has 0 saturated carbocycles. The Morgan fingerprint density at radius 1 is 1.53 bits per heavy atom. The molecule has 1 rings (SSSR count). The quantitative estimate of drug-likeness (QED) is 0.316. The molecule has 7 nitrogen and oxygen atoms in total. The average Bonchev–Trinajstić information content (AvgIpc) is 2.28. The van der Waals surface area contributed by atoms with Crippen LogP contribution in [0.4, 0.5) is 5.69 Å². The number of benzene rings is 1. The fourth-order valence-corrected chi connectivity index (χ4v) is 2.28. The molecule has 0 radical (unpaired) electrons. The minimum absolute atomic E-state index is 0.0743. The van der Waals surface area contributed by atoms with Crippen LogP contribution in [0, 0.1) is 0 Å². The number of rotatable bonds is 4. The van der Waals surface area contributed by atoms with E-state index in [-0.39, 0.29) is 5.84 Å². The van der Waals surface area contributed by atoms with Crippen LogP contribution < -0.4 is 11.1 Å². The Morgan fingerprint density at radius 2 is 2.16 bits per heavy atom. The molecule has 19 heavy (non-hydrogen) atoms. The molecule has 0 unspecified atom stereocenters. The van der Waals surface area contributed by atoms with Gasteiger partial charge in [-0.15, -0.1) is 0 Å². The number of hydrogen-bond donors (Lipinski definition) is 3. The molecule has 1 aromatic rings. The van der Waals surface area contributed by atoms with Crippen LogP contribution >= 0.6 is 15.9 Å². The zero-order valence-electron chi connectivity index (χ0n) is 9.92. The van der Waals surface area contributed by atoms with Gasteiger partial charge in [0.1, 0.15) is 5.75 Å². The lowest BCUT2D eigenvalue weighted by Gasteiger charge is -2.08. The van der Waals surface area contributed by atoms with Gasteiger partial charge in [0.25, 0.3) is 0 Å². The Morgan fingerprint density at radius 3 is 2.63 bits per heavy atom. The molecule has 1 amide bonds. The van der Waals surface area contributed by atoms with E-state index in [1.54, 1.807) is 0 Å². The highest BCUT2D eigenvalue weighted by Gasteiger charge is 2.13. The van der Waals surface area contributed by atoms with Gasteiger partial charge in [0, 0.05) is 16.3 Å². The molecular weight excluding hydrogens is 338 g/mol. The van der Waals surface area contributed by atoms with Gasteiger partial charge in [-0.3, -0.25) is 4.79 Å². The van der Waals surface area contributed by atoms with E-state index in [4.69, 9.17) is 10.9 Å². The van der Waals surface area contributed by atoms with Gasteiger partial charge < -0.3 is 16.3 Å². The average molecular weight is 350 g/mol. The maximum Gasteiger partial charge on any atom is 0.239 e. The SMILES string of the molecule is CS(=O)(=O)CC(=O)Nc1ccc(/C(N)=N/O)cc1Br. The van der Waals surface area contributed by atoms with E-state index in [1.807, 2.05) is 0 Å². The standard InChI is InChI=1S/C10H12BrN3O4S/c1-19(17,18)5-9(15)13-8-3-2-6(4-7(8)11)10(12)14-16/h2-4,16H,5H2,1H3,(H2,12,14)(H,13,15). The van der Waals surface area contributed by atoms with Crippen molar-refractivity contribution in [3.05, 3.63) is 28.2 Å². The number of nitrogens with two attached hydrogens (primary N) is 1. The Balaban J connectivity index is 2.90. The Kier molecular flexibility index (Phi) is 4.90. The summed E-state index contributed by atoms with van der Waals surface area (Å²) in [6, 6.07) is 4.57. The van der Waals surface area contributed by atoms with Gasteiger partial charge >= 0.3 is 0 Å². The Hall–Kier alpha value is -1.61. The van der Waals surface area contributed by atoms with Crippen molar-refractivity contribution < 1.29 is 18.4 Å². The Labute approximate surface area is 118 Å². The predicted molar refractivity (Wildman–Crippen MR) is 75.0 cm³/mol. The van der Waals surface area contributed by atoms with E-state index in [1.165, 1.54) is 18.2 Å². The van der Waals surface area contributed by atoms with Crippen LogP contribution in [0.5, 0.6) is 0 Å². The highest BCUT2D eigenvalue weighted by Crippen LogP contribution is 2.23. The second-order valence-electron chi connectivity index (χ2n) is 3.80. The first-order valence-electron chi connectivity index (χ1n) is 4.98. The van der Waals surface area contributed by atoms with Crippen molar-refractivity contribution in [3.63, 3.8) is 0 Å². The summed E-state index contributed by atoms with van der Waals surface area (Å²) in [5.41, 5.74) is 6.26. The first-order chi connectivity index (χ1) is 8.73. The number of nitrogens with zero attached hydrogens (tertiary/aromatic N) is 1. The van der Waals surface area contributed by atoms with Crippen molar-refractivity contribution in [2.45, 2.75) is 0 Å².